The summed E-state index contributed by atoms with van der Waals surface area (Å²) < 4.78 is 0. The number of allylic oxidation sites excluding steroid dienone is 2. The predicted molar refractivity (Wildman–Crippen MR) is 110 cm³/mol. The monoisotopic (exact) mass is 382 g/mol. The first kappa shape index (κ1) is 21.5. The molecule has 0 fully saturated rings. The molecule has 0 aromatic heterocycles. The van der Waals surface area contributed by atoms with E-state index in [1.54, 1.807) is 0 Å². The number of hydrogen-bond donors (Lipinski definition) is 0. The van der Waals surface area contributed by atoms with Crippen molar-refractivity contribution in [2.45, 2.75) is 54.0 Å². The van der Waals surface area contributed by atoms with Crippen molar-refractivity contribution in [1.82, 2.24) is 0 Å². The summed E-state index contributed by atoms with van der Waals surface area (Å²) in [6.45, 7) is 13.8. The van der Waals surface area contributed by atoms with Gasteiger partial charge in [0.05, 0.1) is 5.69 Å². The van der Waals surface area contributed by atoms with Crippen LogP contribution in [0.3, 0.4) is 0 Å². The summed E-state index contributed by atoms with van der Waals surface area (Å²) in [7, 11) is 0. The minimum atomic E-state index is -0.849. The lowest BCUT2D eigenvalue weighted by Crippen LogP contribution is -2.34. The largest absolute Gasteiger partial charge is 0.289 e. The van der Waals surface area contributed by atoms with Gasteiger partial charge in [-0.15, -0.1) is 9.81 Å². The number of ketones is 1. The Morgan fingerprint density at radius 3 is 1.50 bits per heavy atom. The molecular formula is C21H26N4O3. The number of Topliss-reactive ketones (excluding diaryl/α,β-unsaturated/α-hetero) is 1. The number of benzene rings is 1. The third kappa shape index (κ3) is 4.71. The molecule has 0 N–H and O–H groups in total. The second kappa shape index (κ2) is 7.30. The highest BCUT2D eigenvalue weighted by atomic mass is 16.3. The van der Waals surface area contributed by atoms with Crippen LogP contribution in [0, 0.1) is 20.6 Å². The molecule has 1 aliphatic carbocycles. The second-order valence-electron chi connectivity index (χ2n) is 9.26. The van der Waals surface area contributed by atoms with Crippen LogP contribution in [0.4, 0.5) is 17.1 Å². The van der Waals surface area contributed by atoms with Crippen molar-refractivity contribution >= 4 is 22.8 Å². The van der Waals surface area contributed by atoms with Gasteiger partial charge < -0.3 is 0 Å². The molecule has 1 aromatic rings. The number of carbonyl (C=O) groups is 1. The number of azo groups is 1. The fraction of sp³-hybridized carbons (Fsp3) is 0.476. The first-order valence-electron chi connectivity index (χ1n) is 9.05. The Bertz CT molecular complexity index is 852. The number of nitrogens with zero attached hydrogens (tertiary/aromatic N) is 4. The maximum absolute atomic E-state index is 13.0. The van der Waals surface area contributed by atoms with E-state index in [1.807, 2.05) is 60.6 Å². The molecule has 0 amide bonds. The topological polar surface area (TPSA) is 101 Å². The maximum Gasteiger partial charge on any atom is 0.185 e. The summed E-state index contributed by atoms with van der Waals surface area (Å²) in [5, 5.41) is 14.3. The lowest BCUT2D eigenvalue weighted by molar-refractivity contribution is -0.114. The molecule has 7 heteroatoms. The van der Waals surface area contributed by atoms with Gasteiger partial charge in [-0.3, -0.25) is 4.79 Å². The van der Waals surface area contributed by atoms with Gasteiger partial charge in [-0.25, -0.2) is 0 Å². The molecule has 0 saturated carbocycles. The van der Waals surface area contributed by atoms with Crippen LogP contribution in [0.15, 0.2) is 62.1 Å². The molecule has 0 saturated heterocycles. The fourth-order valence-corrected chi connectivity index (χ4v) is 2.98. The molecule has 0 heterocycles. The van der Waals surface area contributed by atoms with Crippen molar-refractivity contribution in [2.75, 3.05) is 0 Å². The van der Waals surface area contributed by atoms with Crippen LogP contribution >= 0.6 is 0 Å². The number of nitroso groups, excluding NO2 is 2. The van der Waals surface area contributed by atoms with Gasteiger partial charge in [-0.2, -0.15) is 10.2 Å². The first-order chi connectivity index (χ1) is 12.8. The van der Waals surface area contributed by atoms with Crippen molar-refractivity contribution < 1.29 is 4.79 Å². The highest BCUT2D eigenvalue weighted by molar-refractivity contribution is 6.11. The molecule has 0 spiro atoms. The summed E-state index contributed by atoms with van der Waals surface area (Å²) >= 11 is 0. The lowest BCUT2D eigenvalue weighted by Gasteiger charge is -2.35. The standard InChI is InChI=1S/C21H26N4O3/c1-19(2,3)16-11-21(7,12-17(18(16)26)20(4,5)6)25-22-13-8-14(23-27)10-15(9-13)24-28/h8-12H,1-7H3. The van der Waals surface area contributed by atoms with E-state index < -0.39 is 5.54 Å². The van der Waals surface area contributed by atoms with Gasteiger partial charge in [-0.05, 0) is 58.5 Å². The Morgan fingerprint density at radius 1 is 0.750 bits per heavy atom. The Morgan fingerprint density at radius 2 is 1.14 bits per heavy atom. The summed E-state index contributed by atoms with van der Waals surface area (Å²) in [6, 6.07) is 4.12. The summed E-state index contributed by atoms with van der Waals surface area (Å²) in [6.07, 6.45) is 3.66. The second-order valence-corrected chi connectivity index (χ2v) is 9.26. The summed E-state index contributed by atoms with van der Waals surface area (Å²) in [5.41, 5.74) is 0.196. The summed E-state index contributed by atoms with van der Waals surface area (Å²) in [4.78, 5) is 34.7. The van der Waals surface area contributed by atoms with Crippen LogP contribution in [0.5, 0.6) is 0 Å². The van der Waals surface area contributed by atoms with Crippen LogP contribution in [0.25, 0.3) is 0 Å². The van der Waals surface area contributed by atoms with Crippen LogP contribution in [0.1, 0.15) is 48.5 Å². The molecule has 28 heavy (non-hydrogen) atoms. The molecule has 0 atom stereocenters. The minimum Gasteiger partial charge on any atom is -0.289 e. The Labute approximate surface area is 165 Å². The SMILES string of the molecule is CC1(N=Nc2cc(N=O)cc(N=O)c2)C=C(C(C)(C)C)C(=O)C(C(C)(C)C)=C1. The summed E-state index contributed by atoms with van der Waals surface area (Å²) in [5.74, 6) is 0.0206. The Kier molecular flexibility index (Phi) is 5.59. The molecule has 0 radical (unpaired) electrons. The third-order valence-electron chi connectivity index (χ3n) is 4.46. The van der Waals surface area contributed by atoms with Gasteiger partial charge in [0.15, 0.2) is 5.78 Å². The highest BCUT2D eigenvalue weighted by Crippen LogP contribution is 2.41. The van der Waals surface area contributed by atoms with Crippen LogP contribution in [-0.2, 0) is 4.79 Å². The highest BCUT2D eigenvalue weighted by Gasteiger charge is 2.39. The molecule has 0 bridgehead atoms. The van der Waals surface area contributed by atoms with E-state index >= 15 is 0 Å². The van der Waals surface area contributed by atoms with E-state index in [1.165, 1.54) is 18.2 Å². The van der Waals surface area contributed by atoms with Crippen LogP contribution in [0.2, 0.25) is 0 Å². The van der Waals surface area contributed by atoms with Crippen LogP contribution in [-0.4, -0.2) is 11.3 Å². The molecule has 7 nitrogen and oxygen atoms in total. The zero-order valence-corrected chi connectivity index (χ0v) is 17.4. The van der Waals surface area contributed by atoms with Gasteiger partial charge in [-0.1, -0.05) is 41.5 Å². The van der Waals surface area contributed by atoms with E-state index in [2.05, 4.69) is 20.6 Å². The van der Waals surface area contributed by atoms with E-state index in [-0.39, 0.29) is 28.0 Å². The van der Waals surface area contributed by atoms with Crippen molar-refractivity contribution in [3.8, 4) is 0 Å². The number of rotatable bonds is 4. The average Bonchev–Trinajstić information content (AvgIpc) is 2.60. The third-order valence-corrected chi connectivity index (χ3v) is 4.46. The minimum absolute atomic E-state index is 0.0206. The first-order valence-corrected chi connectivity index (χ1v) is 9.05. The quantitative estimate of drug-likeness (QED) is 0.420. The van der Waals surface area contributed by atoms with E-state index in [9.17, 15) is 14.6 Å². The number of hydrogen-bond acceptors (Lipinski definition) is 7. The zero-order valence-electron chi connectivity index (χ0n) is 17.4. The molecule has 148 valence electrons. The van der Waals surface area contributed by atoms with Crippen molar-refractivity contribution in [2.24, 2.45) is 31.4 Å². The van der Waals surface area contributed by atoms with Gasteiger partial charge in [0, 0.05) is 11.1 Å². The zero-order chi connectivity index (χ0) is 21.3. The van der Waals surface area contributed by atoms with Crippen molar-refractivity contribution in [3.05, 3.63) is 51.3 Å². The van der Waals surface area contributed by atoms with Crippen LogP contribution < -0.4 is 0 Å². The Hall–Kier alpha value is -2.83. The van der Waals surface area contributed by atoms with E-state index in [4.69, 9.17) is 0 Å². The molecule has 0 unspecified atom stereocenters. The normalized spacial score (nSPS) is 17.3. The average molecular weight is 382 g/mol. The molecular weight excluding hydrogens is 356 g/mol. The lowest BCUT2D eigenvalue weighted by atomic mass is 9.69. The van der Waals surface area contributed by atoms with E-state index in [0.717, 1.165) is 0 Å². The van der Waals surface area contributed by atoms with E-state index in [0.29, 0.717) is 16.8 Å². The fourth-order valence-electron chi connectivity index (χ4n) is 2.98. The molecule has 1 aromatic carbocycles. The van der Waals surface area contributed by atoms with Crippen molar-refractivity contribution in [3.63, 3.8) is 0 Å². The molecule has 0 aliphatic heterocycles. The van der Waals surface area contributed by atoms with Gasteiger partial charge >= 0.3 is 0 Å². The predicted octanol–water partition coefficient (Wildman–Crippen LogP) is 6.85. The maximum atomic E-state index is 13.0. The smallest absolute Gasteiger partial charge is 0.185 e. The Balaban J connectivity index is 2.57. The molecule has 2 rings (SSSR count). The number of carbonyl (C=O) groups excluding carboxylic acids is 1. The molecule has 1 aliphatic rings. The van der Waals surface area contributed by atoms with Gasteiger partial charge in [0.2, 0.25) is 0 Å². The van der Waals surface area contributed by atoms with Gasteiger partial charge in [0.1, 0.15) is 16.9 Å². The van der Waals surface area contributed by atoms with Crippen molar-refractivity contribution in [1.29, 1.82) is 0 Å². The van der Waals surface area contributed by atoms with Gasteiger partial charge in [0.25, 0.3) is 0 Å².